The van der Waals surface area contributed by atoms with Gasteiger partial charge in [-0.1, -0.05) is 20.8 Å². The lowest BCUT2D eigenvalue weighted by molar-refractivity contribution is -0.145. The van der Waals surface area contributed by atoms with Gasteiger partial charge in [-0.25, -0.2) is 0 Å². The summed E-state index contributed by atoms with van der Waals surface area (Å²) in [4.78, 5) is 13.5. The minimum absolute atomic E-state index is 0.283. The van der Waals surface area contributed by atoms with Gasteiger partial charge in [-0.3, -0.25) is 9.69 Å². The molecule has 1 atom stereocenters. The highest BCUT2D eigenvalue weighted by atomic mass is 16.4. The molecule has 1 aromatic rings. The van der Waals surface area contributed by atoms with Gasteiger partial charge in [0.2, 0.25) is 0 Å². The molecule has 1 unspecified atom stereocenters. The summed E-state index contributed by atoms with van der Waals surface area (Å²) >= 11 is 0. The van der Waals surface area contributed by atoms with E-state index >= 15 is 0 Å². The molecule has 0 aromatic carbocycles. The lowest BCUT2D eigenvalue weighted by Crippen LogP contribution is -2.48. The molecule has 0 bridgehead atoms. The SMILES string of the molecule is Cc1nnc2n1CC(C(=O)O)N(CCCC(C)(C)C)C2. The number of aliphatic carboxylic acids is 1. The van der Waals surface area contributed by atoms with E-state index in [9.17, 15) is 9.90 Å². The van der Waals surface area contributed by atoms with Crippen LogP contribution in [0.25, 0.3) is 0 Å². The fourth-order valence-electron chi connectivity index (χ4n) is 2.64. The number of carbonyl (C=O) groups is 1. The fraction of sp³-hybridized carbons (Fsp3) is 0.786. The summed E-state index contributed by atoms with van der Waals surface area (Å²) in [7, 11) is 0. The first-order chi connectivity index (χ1) is 9.28. The Morgan fingerprint density at radius 3 is 2.70 bits per heavy atom. The van der Waals surface area contributed by atoms with Crippen LogP contribution in [0.5, 0.6) is 0 Å². The van der Waals surface area contributed by atoms with Crippen molar-refractivity contribution in [2.75, 3.05) is 6.54 Å². The maximum atomic E-state index is 11.5. The van der Waals surface area contributed by atoms with E-state index in [1.54, 1.807) is 0 Å². The van der Waals surface area contributed by atoms with Gasteiger partial charge in [-0.05, 0) is 31.7 Å². The van der Waals surface area contributed by atoms with E-state index in [1.165, 1.54) is 0 Å². The minimum Gasteiger partial charge on any atom is -0.480 e. The maximum absolute atomic E-state index is 11.5. The molecule has 1 aliphatic rings. The Morgan fingerprint density at radius 2 is 2.10 bits per heavy atom. The van der Waals surface area contributed by atoms with Crippen molar-refractivity contribution in [3.8, 4) is 0 Å². The lowest BCUT2D eigenvalue weighted by atomic mass is 9.90. The minimum atomic E-state index is -0.764. The molecule has 0 saturated heterocycles. The number of carboxylic acid groups (broad SMARTS) is 1. The monoisotopic (exact) mass is 280 g/mol. The van der Waals surface area contributed by atoms with Gasteiger partial charge >= 0.3 is 5.97 Å². The Morgan fingerprint density at radius 1 is 1.40 bits per heavy atom. The number of fused-ring (bicyclic) bond motifs is 1. The first-order valence-electron chi connectivity index (χ1n) is 7.13. The van der Waals surface area contributed by atoms with Gasteiger partial charge < -0.3 is 9.67 Å². The predicted molar refractivity (Wildman–Crippen MR) is 75.3 cm³/mol. The topological polar surface area (TPSA) is 71.2 Å². The summed E-state index contributed by atoms with van der Waals surface area (Å²) in [5, 5.41) is 17.6. The van der Waals surface area contributed by atoms with Gasteiger partial charge in [0.05, 0.1) is 13.1 Å². The van der Waals surface area contributed by atoms with E-state index < -0.39 is 12.0 Å². The van der Waals surface area contributed by atoms with Gasteiger partial charge in [-0.2, -0.15) is 0 Å². The Balaban J connectivity index is 2.05. The van der Waals surface area contributed by atoms with Crippen molar-refractivity contribution in [1.82, 2.24) is 19.7 Å². The van der Waals surface area contributed by atoms with Gasteiger partial charge in [-0.15, -0.1) is 10.2 Å². The molecule has 1 aromatic heterocycles. The number of nitrogens with zero attached hydrogens (tertiary/aromatic N) is 4. The summed E-state index contributed by atoms with van der Waals surface area (Å²) in [6, 6.07) is -0.475. The van der Waals surface area contributed by atoms with Crippen molar-refractivity contribution in [1.29, 1.82) is 0 Å². The van der Waals surface area contributed by atoms with Crippen LogP contribution in [0.1, 0.15) is 45.3 Å². The van der Waals surface area contributed by atoms with Gasteiger partial charge in [0.15, 0.2) is 0 Å². The van der Waals surface area contributed by atoms with Crippen molar-refractivity contribution in [3.63, 3.8) is 0 Å². The Bertz CT molecular complexity index is 490. The molecule has 0 saturated carbocycles. The second kappa shape index (κ2) is 5.52. The average Bonchev–Trinajstić information content (AvgIpc) is 2.68. The number of rotatable bonds is 4. The third kappa shape index (κ3) is 3.36. The largest absolute Gasteiger partial charge is 0.480 e. The number of aromatic nitrogens is 3. The number of aryl methyl sites for hydroxylation is 1. The van der Waals surface area contributed by atoms with Crippen LogP contribution in [0.4, 0.5) is 0 Å². The van der Waals surface area contributed by atoms with Crippen molar-refractivity contribution in [2.24, 2.45) is 5.41 Å². The second-order valence-corrected chi connectivity index (χ2v) is 6.76. The van der Waals surface area contributed by atoms with Crippen molar-refractivity contribution >= 4 is 5.97 Å². The first kappa shape index (κ1) is 15.0. The summed E-state index contributed by atoms with van der Waals surface area (Å²) in [5.74, 6) is 0.899. The quantitative estimate of drug-likeness (QED) is 0.908. The van der Waals surface area contributed by atoms with Crippen LogP contribution < -0.4 is 0 Å². The zero-order chi connectivity index (χ0) is 14.9. The smallest absolute Gasteiger partial charge is 0.322 e. The molecule has 112 valence electrons. The standard InChI is InChI=1S/C14H24N4O2/c1-10-15-16-12-9-17(7-5-6-14(2,3)4)11(13(19)20)8-18(10)12/h11H,5-9H2,1-4H3,(H,19,20). The summed E-state index contributed by atoms with van der Waals surface area (Å²) in [5.41, 5.74) is 0.283. The molecule has 20 heavy (non-hydrogen) atoms. The predicted octanol–water partition coefficient (Wildman–Crippen LogP) is 1.68. The molecule has 0 fully saturated rings. The van der Waals surface area contributed by atoms with Crippen LogP contribution in [0.2, 0.25) is 0 Å². The fourth-order valence-corrected chi connectivity index (χ4v) is 2.64. The van der Waals surface area contributed by atoms with Crippen LogP contribution in [0.3, 0.4) is 0 Å². The molecule has 1 aliphatic heterocycles. The molecule has 2 rings (SSSR count). The number of carboxylic acids is 1. The van der Waals surface area contributed by atoms with Crippen LogP contribution >= 0.6 is 0 Å². The van der Waals surface area contributed by atoms with Crippen molar-refractivity contribution in [2.45, 2.75) is 59.7 Å². The van der Waals surface area contributed by atoms with E-state index in [-0.39, 0.29) is 5.41 Å². The Hall–Kier alpha value is -1.43. The Labute approximate surface area is 119 Å². The third-order valence-corrected chi connectivity index (χ3v) is 3.81. The normalized spacial score (nSPS) is 19.9. The van der Waals surface area contributed by atoms with E-state index in [2.05, 4.69) is 31.0 Å². The van der Waals surface area contributed by atoms with Crippen molar-refractivity contribution in [3.05, 3.63) is 11.6 Å². The van der Waals surface area contributed by atoms with Crippen molar-refractivity contribution < 1.29 is 9.90 Å². The number of hydrogen-bond acceptors (Lipinski definition) is 4. The van der Waals surface area contributed by atoms with E-state index in [0.717, 1.165) is 31.0 Å². The molecule has 2 heterocycles. The van der Waals surface area contributed by atoms with Gasteiger partial charge in [0.25, 0.3) is 0 Å². The summed E-state index contributed by atoms with van der Waals surface area (Å²) in [6.45, 7) is 10.3. The highest BCUT2D eigenvalue weighted by Crippen LogP contribution is 2.23. The lowest BCUT2D eigenvalue weighted by Gasteiger charge is -2.34. The third-order valence-electron chi connectivity index (χ3n) is 3.81. The number of hydrogen-bond donors (Lipinski definition) is 1. The van der Waals surface area contributed by atoms with E-state index in [0.29, 0.717) is 13.1 Å². The van der Waals surface area contributed by atoms with Gasteiger partial charge in [0, 0.05) is 0 Å². The summed E-state index contributed by atoms with van der Waals surface area (Å²) in [6.07, 6.45) is 2.09. The molecule has 1 N–H and O–H groups in total. The molecule has 6 nitrogen and oxygen atoms in total. The highest BCUT2D eigenvalue weighted by molar-refractivity contribution is 5.73. The second-order valence-electron chi connectivity index (χ2n) is 6.76. The van der Waals surface area contributed by atoms with Crippen LogP contribution in [-0.2, 0) is 17.9 Å². The zero-order valence-corrected chi connectivity index (χ0v) is 12.8. The van der Waals surface area contributed by atoms with E-state index in [1.807, 2.05) is 16.4 Å². The first-order valence-corrected chi connectivity index (χ1v) is 7.13. The molecule has 0 aliphatic carbocycles. The van der Waals surface area contributed by atoms with E-state index in [4.69, 9.17) is 0 Å². The van der Waals surface area contributed by atoms with Crippen LogP contribution in [0, 0.1) is 12.3 Å². The summed E-state index contributed by atoms with van der Waals surface area (Å²) < 4.78 is 1.92. The van der Waals surface area contributed by atoms with Crippen LogP contribution in [-0.4, -0.2) is 43.3 Å². The molecule has 6 heteroatoms. The molecule has 0 amide bonds. The average molecular weight is 280 g/mol. The molecular weight excluding hydrogens is 256 g/mol. The Kier molecular flexibility index (Phi) is 4.13. The van der Waals surface area contributed by atoms with Gasteiger partial charge in [0.1, 0.15) is 17.7 Å². The van der Waals surface area contributed by atoms with Crippen LogP contribution in [0.15, 0.2) is 0 Å². The highest BCUT2D eigenvalue weighted by Gasteiger charge is 2.33. The molecular formula is C14H24N4O2. The molecule has 0 spiro atoms. The molecule has 0 radical (unpaired) electrons. The maximum Gasteiger partial charge on any atom is 0.322 e. The zero-order valence-electron chi connectivity index (χ0n) is 12.8.